The zero-order chi connectivity index (χ0) is 14.6. The summed E-state index contributed by atoms with van der Waals surface area (Å²) in [5.74, 6) is -2.28. The Balaban J connectivity index is 2.49. The van der Waals surface area contributed by atoms with Gasteiger partial charge >= 0.3 is 12.1 Å². The topological polar surface area (TPSA) is 104 Å². The number of carboxylic acid groups (broad SMARTS) is 1. The fraction of sp³-hybridized carbons (Fsp3) is 0.444. The molecule has 0 bridgehead atoms. The zero-order valence-electron chi connectivity index (χ0n) is 9.39. The first kappa shape index (κ1) is 15.0. The van der Waals surface area contributed by atoms with Crippen LogP contribution < -0.4 is 5.32 Å². The monoisotopic (exact) mass is 281 g/mol. The highest BCUT2D eigenvalue weighted by Gasteiger charge is 2.33. The molecule has 0 aliphatic heterocycles. The molecular formula is C9H10F3N3O4. The van der Waals surface area contributed by atoms with Gasteiger partial charge in [0.05, 0.1) is 6.54 Å². The molecule has 0 saturated heterocycles. The zero-order valence-corrected chi connectivity index (χ0v) is 9.39. The second kappa shape index (κ2) is 5.69. The predicted molar refractivity (Wildman–Crippen MR) is 53.9 cm³/mol. The van der Waals surface area contributed by atoms with Crippen molar-refractivity contribution in [2.45, 2.75) is 18.8 Å². The smallest absolute Gasteiger partial charge is 0.435 e. The quantitative estimate of drug-likeness (QED) is 0.672. The predicted octanol–water partition coefficient (Wildman–Crippen LogP) is -0.536. The number of carbonyl (C=O) groups excluding carboxylic acids is 1. The van der Waals surface area contributed by atoms with Gasteiger partial charge in [0.25, 0.3) is 0 Å². The Labute approximate surface area is 104 Å². The minimum absolute atomic E-state index is 0.511. The molecule has 0 fully saturated rings. The second-order valence-corrected chi connectivity index (χ2v) is 3.55. The maximum Gasteiger partial charge on any atom is 0.435 e. The highest BCUT2D eigenvalue weighted by molar-refractivity contribution is 5.77. The van der Waals surface area contributed by atoms with Gasteiger partial charge in [0, 0.05) is 6.20 Å². The summed E-state index contributed by atoms with van der Waals surface area (Å²) in [6, 6.07) is 0.708. The maximum absolute atomic E-state index is 12.2. The molecule has 1 atom stereocenters. The number of carboxylic acids is 1. The Bertz CT molecular complexity index is 472. The minimum Gasteiger partial charge on any atom is -0.479 e. The number of hydrogen-bond donors (Lipinski definition) is 3. The van der Waals surface area contributed by atoms with Gasteiger partial charge in [-0.3, -0.25) is 9.48 Å². The number of hydrogen-bond acceptors (Lipinski definition) is 4. The van der Waals surface area contributed by atoms with Crippen molar-refractivity contribution in [2.24, 2.45) is 0 Å². The third-order valence-corrected chi connectivity index (χ3v) is 2.01. The lowest BCUT2D eigenvalue weighted by atomic mass is 10.3. The molecule has 0 aromatic carbocycles. The molecule has 0 aliphatic rings. The molecule has 1 rings (SSSR count). The number of rotatable bonds is 5. The number of carbonyl (C=O) groups is 2. The lowest BCUT2D eigenvalue weighted by Crippen LogP contribution is -2.38. The summed E-state index contributed by atoms with van der Waals surface area (Å²) >= 11 is 0. The van der Waals surface area contributed by atoms with E-state index in [0.717, 1.165) is 10.9 Å². The van der Waals surface area contributed by atoms with E-state index in [4.69, 9.17) is 10.2 Å². The molecule has 1 heterocycles. The van der Waals surface area contributed by atoms with E-state index in [9.17, 15) is 22.8 Å². The molecule has 0 saturated carbocycles. The first-order valence-electron chi connectivity index (χ1n) is 4.98. The van der Waals surface area contributed by atoms with Crippen LogP contribution in [0, 0.1) is 0 Å². The van der Waals surface area contributed by atoms with Gasteiger partial charge in [-0.1, -0.05) is 0 Å². The Kier molecular flexibility index (Phi) is 4.48. The number of aromatic nitrogens is 2. The SMILES string of the molecule is O=C(Cn1ccc(C(F)(F)F)n1)NCC(O)C(=O)O. The summed E-state index contributed by atoms with van der Waals surface area (Å²) < 4.78 is 37.4. The number of nitrogens with zero attached hydrogens (tertiary/aromatic N) is 2. The average molecular weight is 281 g/mol. The van der Waals surface area contributed by atoms with E-state index in [-0.39, 0.29) is 0 Å². The van der Waals surface area contributed by atoms with E-state index in [2.05, 4.69) is 5.10 Å². The molecule has 0 aliphatic carbocycles. The number of alkyl halides is 3. The van der Waals surface area contributed by atoms with Crippen LogP contribution in [0.15, 0.2) is 12.3 Å². The molecule has 19 heavy (non-hydrogen) atoms. The van der Waals surface area contributed by atoms with Crippen LogP contribution in [0.4, 0.5) is 13.2 Å². The molecule has 1 unspecified atom stereocenters. The second-order valence-electron chi connectivity index (χ2n) is 3.55. The van der Waals surface area contributed by atoms with Crippen molar-refractivity contribution in [3.63, 3.8) is 0 Å². The van der Waals surface area contributed by atoms with Crippen LogP contribution in [0.2, 0.25) is 0 Å². The summed E-state index contributed by atoms with van der Waals surface area (Å²) in [7, 11) is 0. The molecule has 0 radical (unpaired) electrons. The van der Waals surface area contributed by atoms with Crippen LogP contribution in [0.5, 0.6) is 0 Å². The maximum atomic E-state index is 12.2. The van der Waals surface area contributed by atoms with Gasteiger partial charge in [0.2, 0.25) is 5.91 Å². The Morgan fingerprint density at radius 2 is 2.11 bits per heavy atom. The summed E-state index contributed by atoms with van der Waals surface area (Å²) in [6.07, 6.45) is -5.40. The van der Waals surface area contributed by atoms with Gasteiger partial charge in [-0.05, 0) is 6.07 Å². The molecular weight excluding hydrogens is 271 g/mol. The van der Waals surface area contributed by atoms with Crippen LogP contribution in [-0.4, -0.2) is 44.5 Å². The fourth-order valence-corrected chi connectivity index (χ4v) is 1.10. The number of halogens is 3. The largest absolute Gasteiger partial charge is 0.479 e. The van der Waals surface area contributed by atoms with Crippen LogP contribution in [0.3, 0.4) is 0 Å². The summed E-state index contributed by atoms with van der Waals surface area (Å²) in [5, 5.41) is 22.4. The lowest BCUT2D eigenvalue weighted by Gasteiger charge is -2.07. The van der Waals surface area contributed by atoms with E-state index in [1.807, 2.05) is 5.32 Å². The van der Waals surface area contributed by atoms with E-state index in [1.54, 1.807) is 0 Å². The molecule has 7 nitrogen and oxygen atoms in total. The summed E-state index contributed by atoms with van der Waals surface area (Å²) in [4.78, 5) is 21.5. The highest BCUT2D eigenvalue weighted by atomic mass is 19.4. The molecule has 1 aromatic heterocycles. The van der Waals surface area contributed by atoms with Gasteiger partial charge in [0.1, 0.15) is 6.54 Å². The minimum atomic E-state index is -4.60. The molecule has 1 amide bonds. The van der Waals surface area contributed by atoms with E-state index in [0.29, 0.717) is 6.07 Å². The number of aliphatic hydroxyl groups excluding tert-OH is 1. The van der Waals surface area contributed by atoms with Crippen LogP contribution in [0.1, 0.15) is 5.69 Å². The average Bonchev–Trinajstić information content (AvgIpc) is 2.73. The molecule has 10 heteroatoms. The van der Waals surface area contributed by atoms with Gasteiger partial charge in [-0.15, -0.1) is 0 Å². The number of aliphatic carboxylic acids is 1. The van der Waals surface area contributed by atoms with Crippen LogP contribution in [0.25, 0.3) is 0 Å². The Hall–Kier alpha value is -2.10. The van der Waals surface area contributed by atoms with Crippen LogP contribution in [-0.2, 0) is 22.3 Å². The van der Waals surface area contributed by atoms with Gasteiger partial charge < -0.3 is 15.5 Å². The standard InChI is InChI=1S/C9H10F3N3O4/c10-9(11,12)6-1-2-15(14-6)4-7(17)13-3-5(16)8(18)19/h1-2,5,16H,3-4H2,(H,13,17)(H,18,19). The Morgan fingerprint density at radius 1 is 1.47 bits per heavy atom. The normalized spacial score (nSPS) is 13.1. The van der Waals surface area contributed by atoms with E-state index < -0.39 is 42.9 Å². The number of amides is 1. The third kappa shape index (κ3) is 4.58. The van der Waals surface area contributed by atoms with Crippen molar-refractivity contribution in [3.05, 3.63) is 18.0 Å². The summed E-state index contributed by atoms with van der Waals surface area (Å²) in [6.45, 7) is -1.05. The van der Waals surface area contributed by atoms with Crippen molar-refractivity contribution in [2.75, 3.05) is 6.54 Å². The van der Waals surface area contributed by atoms with E-state index >= 15 is 0 Å². The van der Waals surface area contributed by atoms with Crippen molar-refractivity contribution < 1.29 is 33.0 Å². The van der Waals surface area contributed by atoms with Gasteiger partial charge in [-0.25, -0.2) is 4.79 Å². The summed E-state index contributed by atoms with van der Waals surface area (Å²) in [5.41, 5.74) is -1.13. The van der Waals surface area contributed by atoms with Gasteiger partial charge in [0.15, 0.2) is 11.8 Å². The van der Waals surface area contributed by atoms with Crippen molar-refractivity contribution in [1.29, 1.82) is 0 Å². The lowest BCUT2D eigenvalue weighted by molar-refractivity contribution is -0.146. The van der Waals surface area contributed by atoms with Crippen LogP contribution >= 0.6 is 0 Å². The number of aliphatic hydroxyl groups is 1. The van der Waals surface area contributed by atoms with Gasteiger partial charge in [-0.2, -0.15) is 18.3 Å². The highest BCUT2D eigenvalue weighted by Crippen LogP contribution is 2.27. The molecule has 0 spiro atoms. The first-order valence-corrected chi connectivity index (χ1v) is 4.98. The Morgan fingerprint density at radius 3 is 2.58 bits per heavy atom. The van der Waals surface area contributed by atoms with Crippen molar-refractivity contribution in [1.82, 2.24) is 15.1 Å². The molecule has 3 N–H and O–H groups in total. The number of nitrogens with one attached hydrogen (secondary N) is 1. The molecule has 106 valence electrons. The first-order chi connectivity index (χ1) is 8.70. The third-order valence-electron chi connectivity index (χ3n) is 2.01. The molecule has 1 aromatic rings. The van der Waals surface area contributed by atoms with Crippen molar-refractivity contribution in [3.8, 4) is 0 Å². The fourth-order valence-electron chi connectivity index (χ4n) is 1.10. The van der Waals surface area contributed by atoms with E-state index in [1.165, 1.54) is 0 Å². The van der Waals surface area contributed by atoms with Crippen molar-refractivity contribution >= 4 is 11.9 Å².